The molecule has 1 aromatic heterocycles. The number of benzene rings is 9. The van der Waals surface area contributed by atoms with Gasteiger partial charge in [0.1, 0.15) is 0 Å². The molecule has 0 atom stereocenters. The molecule has 234 valence electrons. The molecule has 10 aromatic rings. The molecule has 50 heavy (non-hydrogen) atoms. The second-order valence-corrected chi connectivity index (χ2v) is 14.0. The quantitative estimate of drug-likeness (QED) is 0.167. The Morgan fingerprint density at radius 1 is 0.340 bits per heavy atom. The molecular weight excluding hydrogens is 623 g/mol. The molecule has 0 amide bonds. The number of nitrogens with zero attached hydrogens (tertiary/aromatic N) is 1. The zero-order valence-corrected chi connectivity index (χ0v) is 28.1. The Morgan fingerprint density at radius 3 is 1.72 bits per heavy atom. The molecule has 0 fully saturated rings. The van der Waals surface area contributed by atoms with Crippen molar-refractivity contribution in [2.75, 3.05) is 4.90 Å². The van der Waals surface area contributed by atoms with Crippen molar-refractivity contribution < 1.29 is 0 Å². The Balaban J connectivity index is 1.11. The number of hydrogen-bond donors (Lipinski definition) is 0. The van der Waals surface area contributed by atoms with Gasteiger partial charge in [-0.15, -0.1) is 11.3 Å². The van der Waals surface area contributed by atoms with Crippen LogP contribution in [0.4, 0.5) is 17.1 Å². The predicted octanol–water partition coefficient (Wildman–Crippen LogP) is 14.3. The van der Waals surface area contributed by atoms with Crippen LogP contribution in [0.15, 0.2) is 188 Å². The zero-order valence-electron chi connectivity index (χ0n) is 27.3. The van der Waals surface area contributed by atoms with Crippen LogP contribution in [0.1, 0.15) is 0 Å². The average Bonchev–Trinajstić information content (AvgIpc) is 3.58. The molecule has 0 radical (unpaired) electrons. The van der Waals surface area contributed by atoms with Crippen molar-refractivity contribution in [1.29, 1.82) is 0 Å². The van der Waals surface area contributed by atoms with E-state index in [9.17, 15) is 0 Å². The van der Waals surface area contributed by atoms with E-state index in [1.165, 1.54) is 74.7 Å². The SMILES string of the molecule is c1ccc(-c2ccc(-c3ccc(N(c4ccc5c(ccc6ccc7c8ccccc8sc7c65)c4)c4cccc5ccccc45)cc3)cc2)cc1. The van der Waals surface area contributed by atoms with Gasteiger partial charge in [0.2, 0.25) is 0 Å². The molecule has 0 N–H and O–H groups in total. The highest BCUT2D eigenvalue weighted by molar-refractivity contribution is 7.26. The van der Waals surface area contributed by atoms with Crippen molar-refractivity contribution in [2.45, 2.75) is 0 Å². The first-order valence-corrected chi connectivity index (χ1v) is 17.9. The fraction of sp³-hybridized carbons (Fsp3) is 0. The summed E-state index contributed by atoms with van der Waals surface area (Å²) in [7, 11) is 0. The van der Waals surface area contributed by atoms with Crippen molar-refractivity contribution in [3.05, 3.63) is 188 Å². The molecule has 1 heterocycles. The molecule has 0 saturated heterocycles. The van der Waals surface area contributed by atoms with E-state index in [0.717, 1.165) is 17.1 Å². The minimum absolute atomic E-state index is 1.12. The zero-order chi connectivity index (χ0) is 33.0. The van der Waals surface area contributed by atoms with Crippen LogP contribution >= 0.6 is 11.3 Å². The van der Waals surface area contributed by atoms with Crippen molar-refractivity contribution in [1.82, 2.24) is 0 Å². The summed E-state index contributed by atoms with van der Waals surface area (Å²) in [6.07, 6.45) is 0. The van der Waals surface area contributed by atoms with Crippen molar-refractivity contribution in [2.24, 2.45) is 0 Å². The second kappa shape index (κ2) is 11.7. The molecule has 0 saturated carbocycles. The molecule has 0 unspecified atom stereocenters. The van der Waals surface area contributed by atoms with Crippen LogP contribution in [0.3, 0.4) is 0 Å². The van der Waals surface area contributed by atoms with Gasteiger partial charge in [0.15, 0.2) is 0 Å². The van der Waals surface area contributed by atoms with Gasteiger partial charge < -0.3 is 4.90 Å². The predicted molar refractivity (Wildman–Crippen MR) is 217 cm³/mol. The number of thiophene rings is 1. The molecule has 0 aliphatic carbocycles. The Kier molecular flexibility index (Phi) is 6.75. The monoisotopic (exact) mass is 653 g/mol. The third kappa shape index (κ3) is 4.76. The lowest BCUT2D eigenvalue weighted by atomic mass is 9.98. The van der Waals surface area contributed by atoms with Gasteiger partial charge in [-0.3, -0.25) is 0 Å². The topological polar surface area (TPSA) is 3.24 Å². The molecular formula is C48H31NS. The van der Waals surface area contributed by atoms with Gasteiger partial charge in [-0.25, -0.2) is 0 Å². The maximum atomic E-state index is 2.41. The van der Waals surface area contributed by atoms with Crippen LogP contribution in [0.25, 0.3) is 74.7 Å². The number of anilines is 3. The summed E-state index contributed by atoms with van der Waals surface area (Å²) in [5, 5.41) is 10.3. The van der Waals surface area contributed by atoms with E-state index in [1.807, 2.05) is 11.3 Å². The highest BCUT2D eigenvalue weighted by atomic mass is 32.1. The Labute approximate surface area is 294 Å². The fourth-order valence-corrected chi connectivity index (χ4v) is 8.85. The molecule has 9 aromatic carbocycles. The third-order valence-corrected chi connectivity index (χ3v) is 11.2. The van der Waals surface area contributed by atoms with E-state index < -0.39 is 0 Å². The maximum Gasteiger partial charge on any atom is 0.0540 e. The summed E-state index contributed by atoms with van der Waals surface area (Å²) < 4.78 is 2.70. The Hall–Kier alpha value is -6.22. The first-order chi connectivity index (χ1) is 24.8. The molecule has 0 spiro atoms. The molecule has 0 bridgehead atoms. The third-order valence-electron chi connectivity index (χ3n) is 10.0. The largest absolute Gasteiger partial charge is 0.310 e. The Bertz CT molecular complexity index is 2840. The van der Waals surface area contributed by atoms with Gasteiger partial charge >= 0.3 is 0 Å². The summed E-state index contributed by atoms with van der Waals surface area (Å²) >= 11 is 1.90. The van der Waals surface area contributed by atoms with E-state index >= 15 is 0 Å². The lowest BCUT2D eigenvalue weighted by Gasteiger charge is -2.27. The van der Waals surface area contributed by atoms with Gasteiger partial charge in [-0.2, -0.15) is 0 Å². The maximum absolute atomic E-state index is 2.41. The summed E-state index contributed by atoms with van der Waals surface area (Å²) in [5.41, 5.74) is 8.29. The van der Waals surface area contributed by atoms with Crippen LogP contribution in [-0.2, 0) is 0 Å². The lowest BCUT2D eigenvalue weighted by molar-refractivity contribution is 1.30. The van der Waals surface area contributed by atoms with Gasteiger partial charge in [0.05, 0.1) is 5.69 Å². The van der Waals surface area contributed by atoms with E-state index in [1.54, 1.807) is 0 Å². The van der Waals surface area contributed by atoms with Gasteiger partial charge in [0, 0.05) is 42.3 Å². The minimum atomic E-state index is 1.12. The number of hydrogen-bond acceptors (Lipinski definition) is 2. The standard InChI is InChI=1S/C48H31NS/c1-2-9-32(10-3-1)33-17-19-34(20-18-33)35-23-26-39(27-24-35)49(45-15-8-12-36-11-4-5-13-41(36)45)40-28-30-42-38(31-40)22-21-37-25-29-44-43-14-6-7-16-46(43)50-48(44)47(37)42/h1-31H. The molecule has 1 nitrogen and oxygen atoms in total. The van der Waals surface area contributed by atoms with Gasteiger partial charge in [-0.05, 0) is 80.2 Å². The number of rotatable bonds is 5. The van der Waals surface area contributed by atoms with Crippen molar-refractivity contribution >= 4 is 80.9 Å². The first kappa shape index (κ1) is 28.8. The van der Waals surface area contributed by atoms with Gasteiger partial charge in [-0.1, -0.05) is 152 Å². The fourth-order valence-electron chi connectivity index (χ4n) is 7.57. The second-order valence-electron chi connectivity index (χ2n) is 12.9. The summed E-state index contributed by atoms with van der Waals surface area (Å²) in [5.74, 6) is 0. The molecule has 0 aliphatic heterocycles. The van der Waals surface area contributed by atoms with E-state index in [4.69, 9.17) is 0 Å². The average molecular weight is 654 g/mol. The van der Waals surface area contributed by atoms with Crippen LogP contribution in [0.5, 0.6) is 0 Å². The molecule has 0 aliphatic rings. The van der Waals surface area contributed by atoms with Crippen LogP contribution in [0, 0.1) is 0 Å². The summed E-state index contributed by atoms with van der Waals surface area (Å²) in [6, 6.07) is 68.6. The molecule has 10 rings (SSSR count). The highest BCUT2D eigenvalue weighted by Crippen LogP contribution is 2.44. The van der Waals surface area contributed by atoms with E-state index in [0.29, 0.717) is 0 Å². The summed E-state index contributed by atoms with van der Waals surface area (Å²) in [6.45, 7) is 0. The normalized spacial score (nSPS) is 11.6. The van der Waals surface area contributed by atoms with E-state index in [-0.39, 0.29) is 0 Å². The van der Waals surface area contributed by atoms with E-state index in [2.05, 4.69) is 193 Å². The highest BCUT2D eigenvalue weighted by Gasteiger charge is 2.17. The number of fused-ring (bicyclic) bond motifs is 8. The first-order valence-electron chi connectivity index (χ1n) is 17.1. The van der Waals surface area contributed by atoms with Crippen LogP contribution < -0.4 is 4.90 Å². The van der Waals surface area contributed by atoms with Crippen molar-refractivity contribution in [3.63, 3.8) is 0 Å². The van der Waals surface area contributed by atoms with Crippen molar-refractivity contribution in [3.8, 4) is 22.3 Å². The van der Waals surface area contributed by atoms with Crippen LogP contribution in [0.2, 0.25) is 0 Å². The minimum Gasteiger partial charge on any atom is -0.310 e. The Morgan fingerprint density at radius 2 is 0.920 bits per heavy atom. The summed E-state index contributed by atoms with van der Waals surface area (Å²) in [4.78, 5) is 2.41. The van der Waals surface area contributed by atoms with Crippen LogP contribution in [-0.4, -0.2) is 0 Å². The smallest absolute Gasteiger partial charge is 0.0540 e. The lowest BCUT2D eigenvalue weighted by Crippen LogP contribution is -2.10. The molecule has 2 heteroatoms. The van der Waals surface area contributed by atoms with Gasteiger partial charge in [0.25, 0.3) is 0 Å².